The lowest BCUT2D eigenvalue weighted by Gasteiger charge is -2.23. The largest absolute Gasteiger partial charge is 0.467 e. The van der Waals surface area contributed by atoms with E-state index in [0.29, 0.717) is 18.7 Å². The van der Waals surface area contributed by atoms with E-state index in [1.165, 1.54) is 5.56 Å². The number of furan rings is 1. The van der Waals surface area contributed by atoms with Crippen LogP contribution in [0.5, 0.6) is 0 Å². The third-order valence-electron chi connectivity index (χ3n) is 5.71. The first-order valence-electron chi connectivity index (χ1n) is 10.8. The summed E-state index contributed by atoms with van der Waals surface area (Å²) in [7, 11) is 0. The van der Waals surface area contributed by atoms with Gasteiger partial charge in [0.05, 0.1) is 19.4 Å². The van der Waals surface area contributed by atoms with Gasteiger partial charge in [-0.15, -0.1) is 0 Å². The maximum Gasteiger partial charge on any atom is 0.255 e. The van der Waals surface area contributed by atoms with Crippen molar-refractivity contribution in [2.75, 3.05) is 0 Å². The van der Waals surface area contributed by atoms with Gasteiger partial charge in [0, 0.05) is 24.0 Å². The lowest BCUT2D eigenvalue weighted by atomic mass is 10.0. The second kappa shape index (κ2) is 8.98. The summed E-state index contributed by atoms with van der Waals surface area (Å²) in [5.41, 5.74) is 3.01. The van der Waals surface area contributed by atoms with Crippen molar-refractivity contribution in [1.82, 2.24) is 9.47 Å². The van der Waals surface area contributed by atoms with E-state index in [9.17, 15) is 4.79 Å². The number of carbonyl (C=O) groups is 1. The molecule has 5 rings (SSSR count). The summed E-state index contributed by atoms with van der Waals surface area (Å²) in [6, 6.07) is 32.1. The molecule has 3 aromatic carbocycles. The number of carbonyl (C=O) groups excluding carboxylic acids is 1. The predicted octanol–water partition coefficient (Wildman–Crippen LogP) is 6.13. The van der Waals surface area contributed by atoms with Crippen LogP contribution in [0.3, 0.4) is 0 Å². The molecule has 0 aliphatic rings. The summed E-state index contributed by atoms with van der Waals surface area (Å²) in [6.07, 6.45) is 3.71. The van der Waals surface area contributed by atoms with Crippen LogP contribution >= 0.6 is 0 Å². The molecule has 32 heavy (non-hydrogen) atoms. The molecule has 2 heterocycles. The number of fused-ring (bicyclic) bond motifs is 1. The fourth-order valence-corrected chi connectivity index (χ4v) is 4.10. The molecular formula is C28H24N2O2. The minimum atomic E-state index is -0.00865. The van der Waals surface area contributed by atoms with E-state index >= 15 is 0 Å². The summed E-state index contributed by atoms with van der Waals surface area (Å²) in [4.78, 5) is 15.6. The zero-order valence-electron chi connectivity index (χ0n) is 17.7. The van der Waals surface area contributed by atoms with Gasteiger partial charge >= 0.3 is 0 Å². The van der Waals surface area contributed by atoms with Crippen LogP contribution < -0.4 is 0 Å². The number of hydrogen-bond acceptors (Lipinski definition) is 2. The average molecular weight is 421 g/mol. The smallest absolute Gasteiger partial charge is 0.255 e. The molecule has 0 fully saturated rings. The number of amides is 1. The van der Waals surface area contributed by atoms with Crippen molar-refractivity contribution in [3.05, 3.63) is 132 Å². The molecule has 0 saturated heterocycles. The van der Waals surface area contributed by atoms with E-state index in [1.807, 2.05) is 83.8 Å². The highest BCUT2D eigenvalue weighted by Crippen LogP contribution is 2.22. The van der Waals surface area contributed by atoms with Gasteiger partial charge in [0.25, 0.3) is 5.91 Å². The monoisotopic (exact) mass is 420 g/mol. The van der Waals surface area contributed by atoms with Gasteiger partial charge in [0.2, 0.25) is 0 Å². The van der Waals surface area contributed by atoms with Gasteiger partial charge in [-0.05, 0) is 46.7 Å². The molecule has 158 valence electrons. The first-order valence-corrected chi connectivity index (χ1v) is 10.8. The van der Waals surface area contributed by atoms with Gasteiger partial charge in [-0.1, -0.05) is 66.7 Å². The number of rotatable bonds is 7. The molecule has 0 unspecified atom stereocenters. The molecule has 5 aromatic rings. The lowest BCUT2D eigenvalue weighted by Crippen LogP contribution is -2.31. The number of aromatic nitrogens is 1. The van der Waals surface area contributed by atoms with Gasteiger partial charge in [-0.2, -0.15) is 0 Å². The molecule has 0 atom stereocenters. The Morgan fingerprint density at radius 1 is 0.781 bits per heavy atom. The van der Waals surface area contributed by atoms with E-state index < -0.39 is 0 Å². The Balaban J connectivity index is 1.47. The first-order chi connectivity index (χ1) is 15.8. The highest BCUT2D eigenvalue weighted by molar-refractivity contribution is 6.06. The van der Waals surface area contributed by atoms with Gasteiger partial charge in [0.15, 0.2) is 0 Å². The summed E-state index contributed by atoms with van der Waals surface area (Å²) in [5.74, 6) is 0.755. The third-order valence-corrected chi connectivity index (χ3v) is 5.71. The molecule has 0 N–H and O–H groups in total. The van der Waals surface area contributed by atoms with Crippen molar-refractivity contribution in [1.29, 1.82) is 0 Å². The zero-order chi connectivity index (χ0) is 21.8. The van der Waals surface area contributed by atoms with Crippen molar-refractivity contribution < 1.29 is 9.21 Å². The van der Waals surface area contributed by atoms with E-state index in [0.717, 1.165) is 28.8 Å². The van der Waals surface area contributed by atoms with Crippen LogP contribution in [0.2, 0.25) is 0 Å². The molecule has 2 aromatic heterocycles. The Morgan fingerprint density at radius 2 is 1.59 bits per heavy atom. The molecule has 0 bridgehead atoms. The van der Waals surface area contributed by atoms with Crippen LogP contribution in [-0.4, -0.2) is 15.4 Å². The van der Waals surface area contributed by atoms with Crippen LogP contribution in [-0.2, 0) is 19.6 Å². The van der Waals surface area contributed by atoms with E-state index in [4.69, 9.17) is 4.42 Å². The Labute approximate surface area is 187 Å². The molecule has 0 saturated carbocycles. The van der Waals surface area contributed by atoms with Crippen LogP contribution in [0, 0.1) is 0 Å². The van der Waals surface area contributed by atoms with Crippen LogP contribution in [0.4, 0.5) is 0 Å². The molecule has 0 aliphatic heterocycles. The van der Waals surface area contributed by atoms with Crippen molar-refractivity contribution in [3.63, 3.8) is 0 Å². The van der Waals surface area contributed by atoms with E-state index in [1.54, 1.807) is 6.26 Å². The zero-order valence-corrected chi connectivity index (χ0v) is 17.7. The summed E-state index contributed by atoms with van der Waals surface area (Å²) >= 11 is 0. The Kier molecular flexibility index (Phi) is 5.58. The number of nitrogens with zero attached hydrogens (tertiary/aromatic N) is 2. The number of benzene rings is 3. The maximum absolute atomic E-state index is 13.8. The third kappa shape index (κ3) is 4.21. The highest BCUT2D eigenvalue weighted by atomic mass is 16.3. The standard InChI is InChI=1S/C28H24N2O2/c31-28(27-16-6-12-23-11-4-5-15-26(23)27)30(21-25-14-8-18-32-25)20-24-13-7-17-29(24)19-22-9-2-1-3-10-22/h1-18H,19-21H2. The van der Waals surface area contributed by atoms with Gasteiger partial charge in [-0.25, -0.2) is 0 Å². The summed E-state index contributed by atoms with van der Waals surface area (Å²) in [5, 5.41) is 2.02. The molecule has 0 aliphatic carbocycles. The quantitative estimate of drug-likeness (QED) is 0.318. The molecule has 0 radical (unpaired) electrons. The topological polar surface area (TPSA) is 38.4 Å². The Bertz CT molecular complexity index is 1310. The molecule has 1 amide bonds. The van der Waals surface area contributed by atoms with Crippen molar-refractivity contribution in [2.24, 2.45) is 0 Å². The van der Waals surface area contributed by atoms with Crippen molar-refractivity contribution in [2.45, 2.75) is 19.6 Å². The van der Waals surface area contributed by atoms with Crippen LogP contribution in [0.15, 0.2) is 114 Å². The van der Waals surface area contributed by atoms with Gasteiger partial charge < -0.3 is 13.9 Å². The van der Waals surface area contributed by atoms with Gasteiger partial charge in [-0.3, -0.25) is 4.79 Å². The maximum atomic E-state index is 13.8. The van der Waals surface area contributed by atoms with Gasteiger partial charge in [0.1, 0.15) is 5.76 Å². The van der Waals surface area contributed by atoms with E-state index in [-0.39, 0.29) is 5.91 Å². The average Bonchev–Trinajstić information content (AvgIpc) is 3.51. The second-order valence-corrected chi connectivity index (χ2v) is 7.88. The SMILES string of the molecule is O=C(c1cccc2ccccc12)N(Cc1ccco1)Cc1cccn1Cc1ccccc1. The van der Waals surface area contributed by atoms with E-state index in [2.05, 4.69) is 29.0 Å². The Hall–Kier alpha value is -4.05. The summed E-state index contributed by atoms with van der Waals surface area (Å²) < 4.78 is 7.78. The minimum Gasteiger partial charge on any atom is -0.467 e. The fourth-order valence-electron chi connectivity index (χ4n) is 4.10. The second-order valence-electron chi connectivity index (χ2n) is 7.88. The van der Waals surface area contributed by atoms with Crippen molar-refractivity contribution >= 4 is 16.7 Å². The molecule has 0 spiro atoms. The normalized spacial score (nSPS) is 11.0. The van der Waals surface area contributed by atoms with Crippen molar-refractivity contribution in [3.8, 4) is 0 Å². The van der Waals surface area contributed by atoms with Crippen LogP contribution in [0.25, 0.3) is 10.8 Å². The lowest BCUT2D eigenvalue weighted by molar-refractivity contribution is 0.0715. The first kappa shape index (κ1) is 19.9. The fraction of sp³-hybridized carbons (Fsp3) is 0.107. The molecular weight excluding hydrogens is 396 g/mol. The molecule has 4 heteroatoms. The minimum absolute atomic E-state index is 0.00865. The Morgan fingerprint density at radius 3 is 2.44 bits per heavy atom. The number of hydrogen-bond donors (Lipinski definition) is 0. The predicted molar refractivity (Wildman–Crippen MR) is 126 cm³/mol. The molecule has 4 nitrogen and oxygen atoms in total. The highest BCUT2D eigenvalue weighted by Gasteiger charge is 2.21. The summed E-state index contributed by atoms with van der Waals surface area (Å²) in [6.45, 7) is 1.66. The van der Waals surface area contributed by atoms with Crippen LogP contribution in [0.1, 0.15) is 27.4 Å².